The molecule has 1 atom stereocenters. The highest BCUT2D eigenvalue weighted by Crippen LogP contribution is 2.33. The van der Waals surface area contributed by atoms with E-state index in [0.29, 0.717) is 19.0 Å². The Morgan fingerprint density at radius 2 is 1.97 bits per heavy atom. The van der Waals surface area contributed by atoms with Gasteiger partial charge in [-0.1, -0.05) is 32.1 Å². The minimum Gasteiger partial charge on any atom is -0.389 e. The minimum absolute atomic E-state index is 0.210. The van der Waals surface area contributed by atoms with Crippen LogP contribution in [0.1, 0.15) is 46.5 Å². The molecule has 1 unspecified atom stereocenters. The summed E-state index contributed by atoms with van der Waals surface area (Å²) in [6.45, 7) is 8.70. The fourth-order valence-electron chi connectivity index (χ4n) is 4.98. The van der Waals surface area contributed by atoms with Crippen LogP contribution in [0, 0.1) is 5.92 Å². The molecule has 0 aromatic heterocycles. The van der Waals surface area contributed by atoms with Crippen molar-refractivity contribution in [1.82, 2.24) is 4.90 Å². The number of rotatable bonds is 5. The second-order valence-electron chi connectivity index (χ2n) is 9.92. The summed E-state index contributed by atoms with van der Waals surface area (Å²) in [6.07, 6.45) is 17.2. The summed E-state index contributed by atoms with van der Waals surface area (Å²) >= 11 is 0. The largest absolute Gasteiger partial charge is 0.389 e. The lowest BCUT2D eigenvalue weighted by molar-refractivity contribution is 0.142. The number of hydrogen-bond donors (Lipinski definition) is 2. The smallest absolute Gasteiger partial charge is 0.155 e. The molecular weight excluding hydrogens is 446 g/mol. The first-order chi connectivity index (χ1) is 17.5. The van der Waals surface area contributed by atoms with Crippen molar-refractivity contribution in [2.75, 3.05) is 29.9 Å². The van der Waals surface area contributed by atoms with Gasteiger partial charge in [0.15, 0.2) is 5.84 Å². The molecule has 6 heteroatoms. The summed E-state index contributed by atoms with van der Waals surface area (Å²) in [5, 5.41) is 13.2. The van der Waals surface area contributed by atoms with Crippen LogP contribution in [0.25, 0.3) is 0 Å². The topological polar surface area (TPSA) is 63.5 Å². The summed E-state index contributed by atoms with van der Waals surface area (Å²) in [5.41, 5.74) is 7.88. The van der Waals surface area contributed by atoms with E-state index < -0.39 is 0 Å². The van der Waals surface area contributed by atoms with E-state index in [1.165, 1.54) is 11.1 Å². The van der Waals surface area contributed by atoms with E-state index in [1.807, 2.05) is 0 Å². The van der Waals surface area contributed by atoms with Crippen molar-refractivity contribution in [3.63, 3.8) is 0 Å². The maximum atomic E-state index is 9.62. The highest BCUT2D eigenvalue weighted by molar-refractivity contribution is 6.11. The second kappa shape index (κ2) is 10.7. The van der Waals surface area contributed by atoms with Crippen molar-refractivity contribution in [3.8, 4) is 0 Å². The molecule has 0 spiro atoms. The molecule has 1 aromatic rings. The molecule has 0 amide bonds. The number of β-amino-alcohol motifs (C(OH)–C–C–N with tert-alkyl or cyclic N) is 1. The molecule has 0 saturated carbocycles. The van der Waals surface area contributed by atoms with Gasteiger partial charge in [0, 0.05) is 43.4 Å². The van der Waals surface area contributed by atoms with Crippen LogP contribution in [0.3, 0.4) is 0 Å². The number of aliphatic hydroxyl groups is 1. The predicted molar refractivity (Wildman–Crippen MR) is 150 cm³/mol. The van der Waals surface area contributed by atoms with Gasteiger partial charge < -0.3 is 20.2 Å². The Hall–Kier alpha value is -3.38. The molecule has 0 radical (unpaired) electrons. The number of aliphatic hydroxyl groups excluding tert-OH is 1. The van der Waals surface area contributed by atoms with Crippen molar-refractivity contribution in [2.24, 2.45) is 15.9 Å². The van der Waals surface area contributed by atoms with Gasteiger partial charge >= 0.3 is 0 Å². The molecule has 1 aliphatic carbocycles. The molecule has 4 aliphatic rings. The van der Waals surface area contributed by atoms with Crippen LogP contribution in [0.5, 0.6) is 0 Å². The first-order valence-electron chi connectivity index (χ1n) is 13.3. The Morgan fingerprint density at radius 3 is 2.69 bits per heavy atom. The number of anilines is 2. The zero-order valence-electron chi connectivity index (χ0n) is 21.6. The van der Waals surface area contributed by atoms with Gasteiger partial charge in [0.1, 0.15) is 0 Å². The molecule has 2 N–H and O–H groups in total. The second-order valence-corrected chi connectivity index (χ2v) is 9.92. The van der Waals surface area contributed by atoms with E-state index >= 15 is 0 Å². The highest BCUT2D eigenvalue weighted by Gasteiger charge is 2.26. The van der Waals surface area contributed by atoms with Crippen LogP contribution >= 0.6 is 0 Å². The number of nitrogens with one attached hydrogen (secondary N) is 1. The number of allylic oxidation sites excluding steroid dienone is 6. The Labute approximate surface area is 214 Å². The molecule has 1 saturated heterocycles. The van der Waals surface area contributed by atoms with Crippen LogP contribution in [0.15, 0.2) is 93.5 Å². The number of benzene rings is 1. The van der Waals surface area contributed by atoms with E-state index in [4.69, 9.17) is 9.98 Å². The third kappa shape index (κ3) is 5.24. The summed E-state index contributed by atoms with van der Waals surface area (Å²) < 4.78 is 0. The minimum atomic E-state index is -0.210. The van der Waals surface area contributed by atoms with Gasteiger partial charge in [-0.2, -0.15) is 0 Å². The van der Waals surface area contributed by atoms with Gasteiger partial charge in [0.25, 0.3) is 0 Å². The maximum Gasteiger partial charge on any atom is 0.155 e. The molecular formula is C30H37N5O. The number of hydrogen-bond acceptors (Lipinski definition) is 6. The van der Waals surface area contributed by atoms with Crippen molar-refractivity contribution >= 4 is 22.9 Å². The zero-order chi connectivity index (χ0) is 25.1. The summed E-state index contributed by atoms with van der Waals surface area (Å²) in [7, 11) is 0. The molecule has 6 nitrogen and oxygen atoms in total. The van der Waals surface area contributed by atoms with Gasteiger partial charge in [0.05, 0.1) is 23.2 Å². The SMILES string of the molecule is CC/C=C1/CCC(C2=CN3C=CC(C)CC=C3C(Nc3ccc(N4CC(O)C4)cc3)=N2)=CC1=NCC. The monoisotopic (exact) mass is 483 g/mol. The molecule has 1 aromatic carbocycles. The Kier molecular flexibility index (Phi) is 7.23. The molecule has 0 bridgehead atoms. The first kappa shape index (κ1) is 24.3. The molecule has 3 aliphatic heterocycles. The van der Waals surface area contributed by atoms with Gasteiger partial charge in [0.2, 0.25) is 0 Å². The Balaban J connectivity index is 1.45. The summed E-state index contributed by atoms with van der Waals surface area (Å²) in [5.74, 6) is 1.34. The lowest BCUT2D eigenvalue weighted by Crippen LogP contribution is -2.50. The number of amidine groups is 1. The van der Waals surface area contributed by atoms with Crippen LogP contribution in [0.4, 0.5) is 11.4 Å². The number of nitrogens with zero attached hydrogens (tertiary/aromatic N) is 4. The molecule has 36 heavy (non-hydrogen) atoms. The Bertz CT molecular complexity index is 1190. The van der Waals surface area contributed by atoms with E-state index in [-0.39, 0.29) is 6.10 Å². The van der Waals surface area contributed by atoms with Gasteiger partial charge in [-0.05, 0) is 80.0 Å². The summed E-state index contributed by atoms with van der Waals surface area (Å²) in [4.78, 5) is 14.3. The fraction of sp³-hybridized carbons (Fsp3) is 0.400. The van der Waals surface area contributed by atoms with Gasteiger partial charge in [-0.3, -0.25) is 4.99 Å². The molecule has 5 rings (SSSR count). The fourth-order valence-corrected chi connectivity index (χ4v) is 4.98. The number of aliphatic imine (C=N–C) groups is 2. The predicted octanol–water partition coefficient (Wildman–Crippen LogP) is 5.79. The van der Waals surface area contributed by atoms with Gasteiger partial charge in [-0.25, -0.2) is 4.99 Å². The quantitative estimate of drug-likeness (QED) is 0.556. The molecule has 3 heterocycles. The highest BCUT2D eigenvalue weighted by atomic mass is 16.3. The van der Waals surface area contributed by atoms with E-state index in [9.17, 15) is 5.11 Å². The molecule has 188 valence electrons. The van der Waals surface area contributed by atoms with Crippen molar-refractivity contribution < 1.29 is 5.11 Å². The third-order valence-electron chi connectivity index (χ3n) is 7.04. The van der Waals surface area contributed by atoms with Crippen molar-refractivity contribution in [2.45, 2.75) is 52.6 Å². The van der Waals surface area contributed by atoms with E-state index in [2.05, 4.69) is 96.9 Å². The lowest BCUT2D eigenvalue weighted by Gasteiger charge is -2.37. The third-order valence-corrected chi connectivity index (χ3v) is 7.04. The van der Waals surface area contributed by atoms with Gasteiger partial charge in [-0.15, -0.1) is 0 Å². The van der Waals surface area contributed by atoms with Crippen LogP contribution < -0.4 is 10.2 Å². The average molecular weight is 484 g/mol. The number of fused-ring (bicyclic) bond motifs is 1. The Morgan fingerprint density at radius 1 is 1.17 bits per heavy atom. The van der Waals surface area contributed by atoms with Crippen LogP contribution in [-0.4, -0.2) is 47.3 Å². The zero-order valence-corrected chi connectivity index (χ0v) is 21.6. The van der Waals surface area contributed by atoms with Crippen LogP contribution in [-0.2, 0) is 0 Å². The van der Waals surface area contributed by atoms with Crippen molar-refractivity contribution in [3.05, 3.63) is 83.5 Å². The average Bonchev–Trinajstić information content (AvgIpc) is 3.05. The van der Waals surface area contributed by atoms with Crippen molar-refractivity contribution in [1.29, 1.82) is 0 Å². The normalized spacial score (nSPS) is 24.5. The maximum absolute atomic E-state index is 9.62. The standard InChI is InChI=1S/C30H37N5O/c1-4-6-22-8-9-23(17-27(22)31-5-2)28-20-34-16-15-21(3)7-14-29(34)30(33-28)32-24-10-12-25(13-11-24)35-18-26(36)19-35/h6,10-17,20-21,26,36H,4-5,7-9,18-19H2,1-3H3,(H,32,33)/b22-6-,31-27?. The summed E-state index contributed by atoms with van der Waals surface area (Å²) in [6, 6.07) is 8.39. The lowest BCUT2D eigenvalue weighted by atomic mass is 9.90. The molecule has 1 fully saturated rings. The van der Waals surface area contributed by atoms with Crippen LogP contribution in [0.2, 0.25) is 0 Å². The van der Waals surface area contributed by atoms with E-state index in [0.717, 1.165) is 66.5 Å². The first-order valence-corrected chi connectivity index (χ1v) is 13.3. The van der Waals surface area contributed by atoms with E-state index in [1.54, 1.807) is 0 Å².